The maximum absolute atomic E-state index is 2.52. The van der Waals surface area contributed by atoms with Crippen molar-refractivity contribution in [2.45, 2.75) is 45.7 Å². The van der Waals surface area contributed by atoms with Gasteiger partial charge in [0.15, 0.2) is 0 Å². The molecule has 1 atom stereocenters. The monoisotopic (exact) mass is 184 g/mol. The second-order valence-corrected chi connectivity index (χ2v) is 5.83. The quantitative estimate of drug-likeness (QED) is 0.617. The van der Waals surface area contributed by atoms with E-state index in [4.69, 9.17) is 0 Å². The molecule has 1 heterocycles. The first-order valence-electron chi connectivity index (χ1n) is 5.20. The molecular weight excluding hydrogens is 160 g/mol. The van der Waals surface area contributed by atoms with Gasteiger partial charge in [-0.2, -0.15) is 0 Å². The van der Waals surface area contributed by atoms with Crippen LogP contribution in [0.25, 0.3) is 0 Å². The standard InChI is InChI=1S/C11H24N2/c1-10(2,3)12(6)7-8-13-9-11(13,4)5/h7-9H2,1-6H3. The molecule has 13 heavy (non-hydrogen) atoms. The Morgan fingerprint density at radius 1 is 1.31 bits per heavy atom. The van der Waals surface area contributed by atoms with Crippen molar-refractivity contribution in [3.63, 3.8) is 0 Å². The highest BCUT2D eigenvalue weighted by Crippen LogP contribution is 2.30. The molecule has 0 bridgehead atoms. The molecule has 0 aromatic heterocycles. The fraction of sp³-hybridized carbons (Fsp3) is 1.00. The minimum atomic E-state index is 0.306. The van der Waals surface area contributed by atoms with E-state index >= 15 is 0 Å². The molecule has 0 radical (unpaired) electrons. The van der Waals surface area contributed by atoms with Crippen molar-refractivity contribution < 1.29 is 0 Å². The molecule has 2 nitrogen and oxygen atoms in total. The molecule has 1 aliphatic heterocycles. The maximum Gasteiger partial charge on any atom is 0.0281 e. The SMILES string of the molecule is CN(CCN1CC1(C)C)C(C)(C)C. The van der Waals surface area contributed by atoms with E-state index < -0.39 is 0 Å². The van der Waals surface area contributed by atoms with E-state index in [0.717, 1.165) is 0 Å². The van der Waals surface area contributed by atoms with Gasteiger partial charge in [-0.3, -0.25) is 4.90 Å². The average molecular weight is 184 g/mol. The van der Waals surface area contributed by atoms with Crippen LogP contribution in [0.15, 0.2) is 0 Å². The van der Waals surface area contributed by atoms with E-state index in [9.17, 15) is 0 Å². The molecule has 1 fully saturated rings. The fourth-order valence-corrected chi connectivity index (χ4v) is 1.42. The Labute approximate surface area is 82.9 Å². The zero-order valence-corrected chi connectivity index (χ0v) is 10.0. The lowest BCUT2D eigenvalue weighted by atomic mass is 10.1. The van der Waals surface area contributed by atoms with E-state index in [0.29, 0.717) is 11.1 Å². The third kappa shape index (κ3) is 2.96. The van der Waals surface area contributed by atoms with Crippen LogP contribution in [0.2, 0.25) is 0 Å². The molecule has 78 valence electrons. The van der Waals surface area contributed by atoms with E-state index in [1.165, 1.54) is 19.6 Å². The van der Waals surface area contributed by atoms with Crippen LogP contribution in [-0.4, -0.2) is 47.6 Å². The van der Waals surface area contributed by atoms with Gasteiger partial charge in [0.2, 0.25) is 0 Å². The van der Waals surface area contributed by atoms with Gasteiger partial charge in [-0.1, -0.05) is 0 Å². The first kappa shape index (κ1) is 11.0. The lowest BCUT2D eigenvalue weighted by molar-refractivity contribution is 0.165. The molecule has 1 aliphatic rings. The van der Waals surface area contributed by atoms with Gasteiger partial charge >= 0.3 is 0 Å². The fourth-order valence-electron chi connectivity index (χ4n) is 1.42. The Morgan fingerprint density at radius 3 is 2.08 bits per heavy atom. The summed E-state index contributed by atoms with van der Waals surface area (Å²) in [5.41, 5.74) is 0.791. The van der Waals surface area contributed by atoms with Crippen LogP contribution in [0.1, 0.15) is 34.6 Å². The van der Waals surface area contributed by atoms with Crippen LogP contribution in [0.3, 0.4) is 0 Å². The Hall–Kier alpha value is -0.0800. The normalized spacial score (nSPS) is 26.5. The molecule has 0 spiro atoms. The van der Waals surface area contributed by atoms with Crippen molar-refractivity contribution in [3.05, 3.63) is 0 Å². The highest BCUT2D eigenvalue weighted by atomic mass is 15.4. The highest BCUT2D eigenvalue weighted by molar-refractivity contribution is 4.99. The van der Waals surface area contributed by atoms with Crippen molar-refractivity contribution in [2.75, 3.05) is 26.7 Å². The van der Waals surface area contributed by atoms with Gasteiger partial charge in [-0.15, -0.1) is 0 Å². The summed E-state index contributed by atoms with van der Waals surface area (Å²) < 4.78 is 0. The topological polar surface area (TPSA) is 6.25 Å². The largest absolute Gasteiger partial charge is 0.300 e. The summed E-state index contributed by atoms with van der Waals surface area (Å²) in [6.45, 7) is 15.1. The van der Waals surface area contributed by atoms with Crippen LogP contribution in [0.4, 0.5) is 0 Å². The summed E-state index contributed by atoms with van der Waals surface area (Å²) >= 11 is 0. The summed E-state index contributed by atoms with van der Waals surface area (Å²) in [5.74, 6) is 0. The zero-order chi connectivity index (χ0) is 10.3. The predicted molar refractivity (Wildman–Crippen MR) is 58.0 cm³/mol. The Bertz CT molecular complexity index is 179. The summed E-state index contributed by atoms with van der Waals surface area (Å²) in [7, 11) is 2.20. The highest BCUT2D eigenvalue weighted by Gasteiger charge is 2.42. The van der Waals surface area contributed by atoms with Crippen LogP contribution >= 0.6 is 0 Å². The van der Waals surface area contributed by atoms with Gasteiger partial charge in [-0.05, 0) is 41.7 Å². The smallest absolute Gasteiger partial charge is 0.0281 e. The Morgan fingerprint density at radius 2 is 1.77 bits per heavy atom. The number of rotatable bonds is 3. The van der Waals surface area contributed by atoms with E-state index in [-0.39, 0.29) is 0 Å². The third-order valence-corrected chi connectivity index (χ3v) is 3.18. The second kappa shape index (κ2) is 3.25. The van der Waals surface area contributed by atoms with Crippen LogP contribution < -0.4 is 0 Å². The van der Waals surface area contributed by atoms with Gasteiger partial charge in [0.25, 0.3) is 0 Å². The first-order valence-corrected chi connectivity index (χ1v) is 5.20. The minimum Gasteiger partial charge on any atom is -0.300 e. The number of hydrogen-bond acceptors (Lipinski definition) is 2. The van der Waals surface area contributed by atoms with Crippen molar-refractivity contribution in [2.24, 2.45) is 0 Å². The van der Waals surface area contributed by atoms with Gasteiger partial charge in [0.05, 0.1) is 0 Å². The number of likely N-dealkylation sites (N-methyl/N-ethyl adjacent to an activating group) is 1. The molecule has 0 N–H and O–H groups in total. The summed E-state index contributed by atoms with van der Waals surface area (Å²) in [6.07, 6.45) is 0. The maximum atomic E-state index is 2.52. The molecule has 1 rings (SSSR count). The van der Waals surface area contributed by atoms with Crippen molar-refractivity contribution in [1.82, 2.24) is 9.80 Å². The Kier molecular flexibility index (Phi) is 2.75. The molecule has 0 aromatic carbocycles. The molecule has 0 amide bonds. The number of nitrogens with zero attached hydrogens (tertiary/aromatic N) is 2. The van der Waals surface area contributed by atoms with Crippen LogP contribution in [-0.2, 0) is 0 Å². The van der Waals surface area contributed by atoms with Crippen molar-refractivity contribution in [1.29, 1.82) is 0 Å². The lowest BCUT2D eigenvalue weighted by Gasteiger charge is -2.32. The molecule has 2 heteroatoms. The van der Waals surface area contributed by atoms with Gasteiger partial charge in [0.1, 0.15) is 0 Å². The predicted octanol–water partition coefficient (Wildman–Crippen LogP) is 1.81. The van der Waals surface area contributed by atoms with Crippen LogP contribution in [0, 0.1) is 0 Å². The molecule has 1 saturated heterocycles. The zero-order valence-electron chi connectivity index (χ0n) is 10.0. The molecule has 0 aromatic rings. The van der Waals surface area contributed by atoms with Gasteiger partial charge in [0, 0.05) is 30.7 Å². The molecular formula is C11H24N2. The minimum absolute atomic E-state index is 0.306. The number of hydrogen-bond donors (Lipinski definition) is 0. The van der Waals surface area contributed by atoms with E-state index in [2.05, 4.69) is 51.5 Å². The van der Waals surface area contributed by atoms with E-state index in [1.54, 1.807) is 0 Å². The molecule has 0 aliphatic carbocycles. The van der Waals surface area contributed by atoms with E-state index in [1.807, 2.05) is 0 Å². The van der Waals surface area contributed by atoms with Crippen LogP contribution in [0.5, 0.6) is 0 Å². The summed E-state index contributed by atoms with van der Waals surface area (Å²) in [6, 6.07) is 0. The Balaban J connectivity index is 2.21. The molecule has 1 unspecified atom stereocenters. The summed E-state index contributed by atoms with van der Waals surface area (Å²) in [5, 5.41) is 0. The first-order chi connectivity index (χ1) is 5.73. The summed E-state index contributed by atoms with van der Waals surface area (Å²) in [4.78, 5) is 4.94. The van der Waals surface area contributed by atoms with Gasteiger partial charge < -0.3 is 4.90 Å². The van der Waals surface area contributed by atoms with Crippen molar-refractivity contribution >= 4 is 0 Å². The van der Waals surface area contributed by atoms with Crippen molar-refractivity contribution in [3.8, 4) is 0 Å². The molecule has 0 saturated carbocycles. The average Bonchev–Trinajstić information content (AvgIpc) is 2.52. The lowest BCUT2D eigenvalue weighted by Crippen LogP contribution is -2.41. The third-order valence-electron chi connectivity index (χ3n) is 3.18. The second-order valence-electron chi connectivity index (χ2n) is 5.83. The van der Waals surface area contributed by atoms with Gasteiger partial charge in [-0.25, -0.2) is 0 Å².